The van der Waals surface area contributed by atoms with E-state index in [1.54, 1.807) is 7.11 Å². The summed E-state index contributed by atoms with van der Waals surface area (Å²) in [6.45, 7) is 3.05. The van der Waals surface area contributed by atoms with Crippen molar-refractivity contribution in [3.05, 3.63) is 35.4 Å². The summed E-state index contributed by atoms with van der Waals surface area (Å²) < 4.78 is 5.51. The number of ether oxygens (including phenoxy) is 1. The highest BCUT2D eigenvalue weighted by atomic mass is 16.5. The first kappa shape index (κ1) is 17.6. The fourth-order valence-electron chi connectivity index (χ4n) is 5.37. The molecule has 1 aromatic carbocycles. The molecule has 0 radical (unpaired) electrons. The van der Waals surface area contributed by atoms with Gasteiger partial charge >= 0.3 is 0 Å². The van der Waals surface area contributed by atoms with Crippen LogP contribution in [-0.4, -0.2) is 55.2 Å². The smallest absolute Gasteiger partial charge is 0.156 e. The summed E-state index contributed by atoms with van der Waals surface area (Å²) in [5.74, 6) is 1.43. The third kappa shape index (κ3) is 2.57. The Kier molecular flexibility index (Phi) is 4.53. The van der Waals surface area contributed by atoms with E-state index in [0.29, 0.717) is 6.42 Å². The molecule has 2 aliphatic heterocycles. The van der Waals surface area contributed by atoms with E-state index in [2.05, 4.69) is 29.4 Å². The van der Waals surface area contributed by atoms with Crippen molar-refractivity contribution < 1.29 is 14.6 Å². The topological polar surface area (TPSA) is 61.8 Å². The maximum atomic E-state index is 13.2. The zero-order chi connectivity index (χ0) is 18.4. The summed E-state index contributed by atoms with van der Waals surface area (Å²) in [6, 6.07) is 6.12. The number of likely N-dealkylation sites (N-methyl/N-ethyl adjacent to an activating group) is 1. The Morgan fingerprint density at radius 2 is 2.19 bits per heavy atom. The van der Waals surface area contributed by atoms with Crippen LogP contribution in [0.3, 0.4) is 0 Å². The summed E-state index contributed by atoms with van der Waals surface area (Å²) in [7, 11) is 3.81. The molecule has 26 heavy (non-hydrogen) atoms. The third-order valence-corrected chi connectivity index (χ3v) is 6.71. The Hall–Kier alpha value is -1.85. The van der Waals surface area contributed by atoms with Crippen molar-refractivity contribution in [2.75, 3.05) is 32.6 Å². The zero-order valence-corrected chi connectivity index (χ0v) is 15.7. The zero-order valence-electron chi connectivity index (χ0n) is 15.7. The van der Waals surface area contributed by atoms with Gasteiger partial charge in [-0.3, -0.25) is 9.69 Å². The molecule has 3 aliphatic rings. The summed E-state index contributed by atoms with van der Waals surface area (Å²) in [5.41, 5.74) is 3.41. The highest BCUT2D eigenvalue weighted by Gasteiger charge is 2.48. The number of fused-ring (bicyclic) bond motifs is 5. The van der Waals surface area contributed by atoms with Gasteiger partial charge in [0.05, 0.1) is 18.8 Å². The van der Waals surface area contributed by atoms with Crippen molar-refractivity contribution >= 4 is 11.5 Å². The fraction of sp³-hybridized carbons (Fsp3) is 0.571. The molecular formula is C21H28N2O3. The highest BCUT2D eigenvalue weighted by molar-refractivity contribution is 5.92. The van der Waals surface area contributed by atoms with Crippen LogP contribution in [0.1, 0.15) is 31.2 Å². The van der Waals surface area contributed by atoms with Crippen molar-refractivity contribution in [1.29, 1.82) is 0 Å². The number of nitrogens with one attached hydrogen (secondary N) is 1. The van der Waals surface area contributed by atoms with E-state index < -0.39 is 0 Å². The first-order valence-electron chi connectivity index (χ1n) is 9.51. The Labute approximate surface area is 155 Å². The summed E-state index contributed by atoms with van der Waals surface area (Å²) in [6.07, 6.45) is 3.50. The van der Waals surface area contributed by atoms with Crippen LogP contribution < -0.4 is 10.1 Å². The average Bonchev–Trinajstić information content (AvgIpc) is 3.01. The van der Waals surface area contributed by atoms with Crippen molar-refractivity contribution in [2.45, 2.75) is 37.8 Å². The van der Waals surface area contributed by atoms with Gasteiger partial charge in [-0.1, -0.05) is 23.8 Å². The van der Waals surface area contributed by atoms with Crippen molar-refractivity contribution in [1.82, 2.24) is 4.90 Å². The lowest BCUT2D eigenvalue weighted by atomic mass is 9.68. The number of nitrogens with zero attached hydrogens (tertiary/aromatic N) is 1. The lowest BCUT2D eigenvalue weighted by Gasteiger charge is -2.48. The quantitative estimate of drug-likeness (QED) is 0.797. The maximum Gasteiger partial charge on any atom is 0.156 e. The molecule has 2 unspecified atom stereocenters. The lowest BCUT2D eigenvalue weighted by molar-refractivity contribution is -0.123. The molecule has 5 heteroatoms. The monoisotopic (exact) mass is 356 g/mol. The minimum atomic E-state index is -0.199. The van der Waals surface area contributed by atoms with Crippen LogP contribution in [0.2, 0.25) is 0 Å². The molecule has 2 bridgehead atoms. The summed E-state index contributed by atoms with van der Waals surface area (Å²) in [4.78, 5) is 15.6. The minimum Gasteiger partial charge on any atom is -0.495 e. The number of carbonyl (C=O) groups is 1. The second-order valence-corrected chi connectivity index (χ2v) is 7.86. The first-order valence-corrected chi connectivity index (χ1v) is 9.51. The van der Waals surface area contributed by atoms with Gasteiger partial charge in [-0.05, 0) is 37.9 Å². The van der Waals surface area contributed by atoms with Crippen LogP contribution in [0.5, 0.6) is 5.75 Å². The third-order valence-electron chi connectivity index (χ3n) is 6.71. The molecule has 0 aromatic heterocycles. The molecule has 5 nitrogen and oxygen atoms in total. The van der Waals surface area contributed by atoms with Crippen LogP contribution in [0.4, 0.5) is 5.69 Å². The molecule has 0 amide bonds. The van der Waals surface area contributed by atoms with Crippen LogP contribution in [0.25, 0.3) is 0 Å². The van der Waals surface area contributed by atoms with Crippen molar-refractivity contribution in [3.8, 4) is 5.75 Å². The molecule has 4 rings (SSSR count). The number of aliphatic hydroxyl groups excluding tert-OH is 1. The number of ketones is 1. The van der Waals surface area contributed by atoms with Gasteiger partial charge in [0.25, 0.3) is 0 Å². The number of para-hydroxylation sites is 1. The molecule has 2 heterocycles. The van der Waals surface area contributed by atoms with Crippen molar-refractivity contribution in [2.24, 2.45) is 11.8 Å². The summed E-state index contributed by atoms with van der Waals surface area (Å²) >= 11 is 0. The number of Topliss-reactive ketones (excluding diaryl/α,β-unsaturated/α-hetero) is 1. The van der Waals surface area contributed by atoms with Gasteiger partial charge in [-0.25, -0.2) is 0 Å². The Morgan fingerprint density at radius 1 is 1.38 bits per heavy atom. The van der Waals surface area contributed by atoms with E-state index in [1.165, 1.54) is 11.1 Å². The average molecular weight is 356 g/mol. The molecule has 1 aromatic rings. The molecule has 140 valence electrons. The predicted octanol–water partition coefficient (Wildman–Crippen LogP) is 2.42. The minimum absolute atomic E-state index is 0.111. The van der Waals surface area contributed by atoms with Crippen LogP contribution >= 0.6 is 0 Å². The number of allylic oxidation sites excluding steroid dienone is 1. The number of carbonyl (C=O) groups excluding carboxylic acids is 1. The highest BCUT2D eigenvalue weighted by Crippen LogP contribution is 2.49. The second-order valence-electron chi connectivity index (χ2n) is 7.86. The number of rotatable bonds is 2. The second kappa shape index (κ2) is 6.71. The van der Waals surface area contributed by atoms with E-state index in [-0.39, 0.29) is 42.2 Å². The van der Waals surface area contributed by atoms with E-state index in [4.69, 9.17) is 4.74 Å². The SMILES string of the molecule is C/C=C1\CN(C)[C@H]2CC3c4cccc(OC)c4NC3C(=O)C[C@@H]1[C@H]2CO. The molecule has 0 spiro atoms. The summed E-state index contributed by atoms with van der Waals surface area (Å²) in [5, 5.41) is 13.6. The normalized spacial score (nSPS) is 35.3. The van der Waals surface area contributed by atoms with E-state index in [9.17, 15) is 9.90 Å². The number of aliphatic hydroxyl groups is 1. The van der Waals surface area contributed by atoms with E-state index in [0.717, 1.165) is 24.4 Å². The fourth-order valence-corrected chi connectivity index (χ4v) is 5.37. The Balaban J connectivity index is 1.77. The molecule has 1 saturated carbocycles. The number of anilines is 1. The lowest BCUT2D eigenvalue weighted by Crippen LogP contribution is -2.53. The molecule has 2 fully saturated rings. The number of piperidine rings is 1. The van der Waals surface area contributed by atoms with E-state index >= 15 is 0 Å². The van der Waals surface area contributed by atoms with Crippen LogP contribution in [0, 0.1) is 11.8 Å². The maximum absolute atomic E-state index is 13.2. The van der Waals surface area contributed by atoms with Gasteiger partial charge in [0, 0.05) is 37.5 Å². The molecule has 1 aliphatic carbocycles. The molecule has 5 atom stereocenters. The molecule has 2 N–H and O–H groups in total. The van der Waals surface area contributed by atoms with Gasteiger partial charge in [-0.2, -0.15) is 0 Å². The van der Waals surface area contributed by atoms with Gasteiger partial charge in [0.2, 0.25) is 0 Å². The van der Waals surface area contributed by atoms with Gasteiger partial charge < -0.3 is 15.2 Å². The number of methoxy groups -OCH3 is 1. The number of benzene rings is 1. The van der Waals surface area contributed by atoms with Crippen molar-refractivity contribution in [3.63, 3.8) is 0 Å². The van der Waals surface area contributed by atoms with Gasteiger partial charge in [0.15, 0.2) is 5.78 Å². The van der Waals surface area contributed by atoms with Crippen LogP contribution in [-0.2, 0) is 4.79 Å². The predicted molar refractivity (Wildman–Crippen MR) is 102 cm³/mol. The number of hydrogen-bond donors (Lipinski definition) is 2. The number of likely N-dealkylation sites (tertiary alicyclic amines) is 1. The number of hydrogen-bond acceptors (Lipinski definition) is 5. The standard InChI is InChI=1S/C21H28N2O3/c1-4-12-10-23(2)17-8-15-13-6-5-7-19(26-3)21(13)22-20(15)18(25)9-14(12)16(17)11-24/h4-7,14-17,20,22,24H,8-11H2,1-3H3/b12-4+/t14-,15?,16+,17-,20?/m0/s1. The van der Waals surface area contributed by atoms with Crippen LogP contribution in [0.15, 0.2) is 29.8 Å². The Morgan fingerprint density at radius 3 is 2.88 bits per heavy atom. The van der Waals surface area contributed by atoms with Gasteiger partial charge in [0.1, 0.15) is 5.75 Å². The first-order chi connectivity index (χ1) is 12.6. The van der Waals surface area contributed by atoms with E-state index in [1.807, 2.05) is 19.1 Å². The molecule has 1 saturated heterocycles. The van der Waals surface area contributed by atoms with Gasteiger partial charge in [-0.15, -0.1) is 0 Å². The Bertz CT molecular complexity index is 745. The largest absolute Gasteiger partial charge is 0.495 e. The molecular weight excluding hydrogens is 328 g/mol.